The zero-order chi connectivity index (χ0) is 12.6. The molecule has 1 heterocycles. The highest BCUT2D eigenvalue weighted by molar-refractivity contribution is 7.91. The van der Waals surface area contributed by atoms with E-state index in [1.807, 2.05) is 13.8 Å². The van der Waals surface area contributed by atoms with E-state index in [1.165, 1.54) is 4.31 Å². The first kappa shape index (κ1) is 12.7. The number of nitrogens with two attached hydrogens (primary N) is 1. The van der Waals surface area contributed by atoms with Gasteiger partial charge in [0.15, 0.2) is 0 Å². The van der Waals surface area contributed by atoms with Gasteiger partial charge in [0.1, 0.15) is 0 Å². The minimum Gasteiger partial charge on any atom is -0.374 e. The summed E-state index contributed by atoms with van der Waals surface area (Å²) in [6.07, 6.45) is 1.86. The smallest absolute Gasteiger partial charge is 0.272 e. The van der Waals surface area contributed by atoms with Crippen molar-refractivity contribution in [3.8, 4) is 0 Å². The van der Waals surface area contributed by atoms with Gasteiger partial charge in [-0.1, -0.05) is 25.2 Å². The molecule has 2 N–H and O–H groups in total. The van der Waals surface area contributed by atoms with E-state index in [1.54, 1.807) is 0 Å². The molecule has 8 heteroatoms. The summed E-state index contributed by atoms with van der Waals surface area (Å²) in [7, 11) is -3.51. The van der Waals surface area contributed by atoms with Crippen molar-refractivity contribution in [1.29, 1.82) is 0 Å². The third-order valence-electron chi connectivity index (χ3n) is 2.45. The van der Waals surface area contributed by atoms with Crippen molar-refractivity contribution in [3.63, 3.8) is 0 Å². The van der Waals surface area contributed by atoms with E-state index in [0.29, 0.717) is 6.54 Å². The van der Waals surface area contributed by atoms with Crippen LogP contribution in [-0.4, -0.2) is 35.5 Å². The molecule has 0 radical (unpaired) electrons. The molecule has 0 bridgehead atoms. The Bertz CT molecular complexity index is 493. The molecular weight excluding hydrogens is 260 g/mol. The molecule has 2 rings (SSSR count). The topological polar surface area (TPSA) is 89.2 Å². The Kier molecular flexibility index (Phi) is 3.37. The molecule has 0 unspecified atom stereocenters. The van der Waals surface area contributed by atoms with Gasteiger partial charge in [-0.3, -0.25) is 0 Å². The van der Waals surface area contributed by atoms with Gasteiger partial charge in [0.25, 0.3) is 10.0 Å². The molecule has 1 aliphatic carbocycles. The first-order valence-electron chi connectivity index (χ1n) is 5.52. The van der Waals surface area contributed by atoms with Gasteiger partial charge in [0, 0.05) is 12.6 Å². The van der Waals surface area contributed by atoms with Crippen molar-refractivity contribution < 1.29 is 8.42 Å². The molecule has 0 spiro atoms. The van der Waals surface area contributed by atoms with Crippen molar-refractivity contribution in [2.45, 2.75) is 37.1 Å². The fraction of sp³-hybridized carbons (Fsp3) is 0.778. The van der Waals surface area contributed by atoms with Gasteiger partial charge < -0.3 is 5.73 Å². The molecule has 6 nitrogen and oxygen atoms in total. The van der Waals surface area contributed by atoms with Crippen molar-refractivity contribution in [3.05, 3.63) is 0 Å². The van der Waals surface area contributed by atoms with E-state index in [2.05, 4.69) is 10.2 Å². The van der Waals surface area contributed by atoms with Gasteiger partial charge >= 0.3 is 0 Å². The normalized spacial score (nSPS) is 16.9. The highest BCUT2D eigenvalue weighted by atomic mass is 32.2. The van der Waals surface area contributed by atoms with Crippen LogP contribution in [0.15, 0.2) is 4.34 Å². The summed E-state index contributed by atoms with van der Waals surface area (Å²) in [6.45, 7) is 4.52. The predicted molar refractivity (Wildman–Crippen MR) is 66.1 cm³/mol. The van der Waals surface area contributed by atoms with Gasteiger partial charge in [-0.15, -0.1) is 10.2 Å². The Labute approximate surface area is 105 Å². The second kappa shape index (κ2) is 4.51. The Morgan fingerprint density at radius 1 is 1.47 bits per heavy atom. The number of nitrogens with zero attached hydrogens (tertiary/aromatic N) is 3. The third kappa shape index (κ3) is 2.75. The second-order valence-corrected chi connectivity index (χ2v) is 7.68. The monoisotopic (exact) mass is 276 g/mol. The van der Waals surface area contributed by atoms with Gasteiger partial charge in [-0.05, 0) is 18.8 Å². The lowest BCUT2D eigenvalue weighted by Crippen LogP contribution is -2.36. The average molecular weight is 276 g/mol. The maximum atomic E-state index is 12.3. The molecule has 17 heavy (non-hydrogen) atoms. The molecule has 0 amide bonds. The zero-order valence-electron chi connectivity index (χ0n) is 9.83. The van der Waals surface area contributed by atoms with Crippen molar-refractivity contribution >= 4 is 26.5 Å². The van der Waals surface area contributed by atoms with Crippen LogP contribution in [0, 0.1) is 5.92 Å². The maximum Gasteiger partial charge on any atom is 0.272 e. The lowest BCUT2D eigenvalue weighted by molar-refractivity contribution is 0.359. The van der Waals surface area contributed by atoms with E-state index >= 15 is 0 Å². The molecule has 1 fully saturated rings. The largest absolute Gasteiger partial charge is 0.374 e. The quantitative estimate of drug-likeness (QED) is 0.864. The molecule has 0 atom stereocenters. The van der Waals surface area contributed by atoms with Crippen LogP contribution >= 0.6 is 11.3 Å². The Morgan fingerprint density at radius 2 is 2.12 bits per heavy atom. The van der Waals surface area contributed by atoms with E-state index in [-0.39, 0.29) is 21.4 Å². The van der Waals surface area contributed by atoms with E-state index < -0.39 is 10.0 Å². The molecule has 0 saturated heterocycles. The predicted octanol–water partition coefficient (Wildman–Crippen LogP) is 0.929. The summed E-state index contributed by atoms with van der Waals surface area (Å²) in [4.78, 5) is 0. The minimum absolute atomic E-state index is 0.00236. The van der Waals surface area contributed by atoms with Crippen LogP contribution < -0.4 is 5.73 Å². The molecule has 1 aromatic rings. The number of sulfonamides is 1. The van der Waals surface area contributed by atoms with Crippen LogP contribution in [0.1, 0.15) is 26.7 Å². The molecule has 1 saturated carbocycles. The Morgan fingerprint density at radius 3 is 2.53 bits per heavy atom. The molecule has 0 aromatic carbocycles. The lowest BCUT2D eigenvalue weighted by Gasteiger charge is -2.21. The summed E-state index contributed by atoms with van der Waals surface area (Å²) in [5.41, 5.74) is 5.43. The number of hydrogen-bond acceptors (Lipinski definition) is 6. The molecule has 1 aliphatic rings. The fourth-order valence-electron chi connectivity index (χ4n) is 1.59. The van der Waals surface area contributed by atoms with Crippen LogP contribution in [-0.2, 0) is 10.0 Å². The Hall–Kier alpha value is -0.730. The maximum absolute atomic E-state index is 12.3. The summed E-state index contributed by atoms with van der Waals surface area (Å²) in [5, 5.41) is 7.39. The van der Waals surface area contributed by atoms with Crippen molar-refractivity contribution in [2.24, 2.45) is 5.92 Å². The third-order valence-corrected chi connectivity index (χ3v) is 5.47. The van der Waals surface area contributed by atoms with Crippen LogP contribution in [0.2, 0.25) is 0 Å². The number of hydrogen-bond donors (Lipinski definition) is 1. The van der Waals surface area contributed by atoms with Crippen LogP contribution in [0.3, 0.4) is 0 Å². The van der Waals surface area contributed by atoms with E-state index in [0.717, 1.165) is 24.2 Å². The van der Waals surface area contributed by atoms with Crippen molar-refractivity contribution in [2.75, 3.05) is 12.3 Å². The van der Waals surface area contributed by atoms with E-state index in [4.69, 9.17) is 5.73 Å². The summed E-state index contributed by atoms with van der Waals surface area (Å²) in [5.74, 6) is 0.288. The molecule has 0 aliphatic heterocycles. The van der Waals surface area contributed by atoms with Gasteiger partial charge in [-0.25, -0.2) is 8.42 Å². The first-order chi connectivity index (χ1) is 7.91. The number of anilines is 1. The number of rotatable bonds is 5. The fourth-order valence-corrected chi connectivity index (χ4v) is 4.34. The van der Waals surface area contributed by atoms with Gasteiger partial charge in [0.05, 0.1) is 0 Å². The first-order valence-corrected chi connectivity index (χ1v) is 7.77. The number of aromatic nitrogens is 2. The minimum atomic E-state index is -3.51. The number of nitrogen functional groups attached to an aromatic ring is 1. The van der Waals surface area contributed by atoms with Gasteiger partial charge in [-0.2, -0.15) is 4.31 Å². The van der Waals surface area contributed by atoms with Gasteiger partial charge in [0.2, 0.25) is 9.47 Å². The standard InChI is InChI=1S/C9H16N4O2S2/c1-6(2)5-13(7-3-4-7)17(14,15)9-12-11-8(10)16-9/h6-7H,3-5H2,1-2H3,(H2,10,11). The SMILES string of the molecule is CC(C)CN(C1CC1)S(=O)(=O)c1nnc(N)s1. The summed E-state index contributed by atoms with van der Waals surface area (Å²) >= 11 is 0.921. The second-order valence-electron chi connectivity index (χ2n) is 4.61. The van der Waals surface area contributed by atoms with Crippen LogP contribution in [0.4, 0.5) is 5.13 Å². The lowest BCUT2D eigenvalue weighted by atomic mass is 10.2. The van der Waals surface area contributed by atoms with Crippen molar-refractivity contribution in [1.82, 2.24) is 14.5 Å². The molecular formula is C9H16N4O2S2. The summed E-state index contributed by atoms with van der Waals surface area (Å²) in [6, 6.07) is 0.132. The molecule has 1 aromatic heterocycles. The summed E-state index contributed by atoms with van der Waals surface area (Å²) < 4.78 is 26.2. The zero-order valence-corrected chi connectivity index (χ0v) is 11.5. The highest BCUT2D eigenvalue weighted by Gasteiger charge is 2.39. The molecule has 96 valence electrons. The van der Waals surface area contributed by atoms with Crippen LogP contribution in [0.25, 0.3) is 0 Å². The van der Waals surface area contributed by atoms with Crippen LogP contribution in [0.5, 0.6) is 0 Å². The van der Waals surface area contributed by atoms with E-state index in [9.17, 15) is 8.42 Å². The Balaban J connectivity index is 2.28. The average Bonchev–Trinajstić information content (AvgIpc) is 2.96. The highest BCUT2D eigenvalue weighted by Crippen LogP contribution is 2.33.